The van der Waals surface area contributed by atoms with Gasteiger partial charge in [-0.25, -0.2) is 0 Å². The molecule has 0 bridgehead atoms. The van der Waals surface area contributed by atoms with Gasteiger partial charge in [0, 0.05) is 19.1 Å². The first-order valence-corrected chi connectivity index (χ1v) is 6.18. The van der Waals surface area contributed by atoms with Crippen molar-refractivity contribution in [2.45, 2.75) is 32.9 Å². The largest absolute Gasteiger partial charge is 0.328 e. The second-order valence-corrected chi connectivity index (χ2v) is 5.13. The van der Waals surface area contributed by atoms with E-state index < -0.39 is 0 Å². The van der Waals surface area contributed by atoms with E-state index in [-0.39, 0.29) is 12.4 Å². The molecule has 0 radical (unpaired) electrons. The van der Waals surface area contributed by atoms with Gasteiger partial charge in [0.2, 0.25) is 0 Å². The molecule has 2 atom stereocenters. The van der Waals surface area contributed by atoms with Gasteiger partial charge in [-0.2, -0.15) is 0 Å². The second kappa shape index (κ2) is 6.39. The van der Waals surface area contributed by atoms with Crippen LogP contribution in [0.2, 0.25) is 0 Å². The molecule has 17 heavy (non-hydrogen) atoms. The number of benzene rings is 1. The third-order valence-electron chi connectivity index (χ3n) is 3.58. The predicted octanol–water partition coefficient (Wildman–Crippen LogP) is 2.59. The number of rotatable bonds is 3. The zero-order valence-electron chi connectivity index (χ0n) is 10.7. The Balaban J connectivity index is 0.00000144. The predicted molar refractivity (Wildman–Crippen MR) is 75.5 cm³/mol. The van der Waals surface area contributed by atoms with E-state index in [9.17, 15) is 0 Å². The first-order chi connectivity index (χ1) is 7.65. The van der Waals surface area contributed by atoms with Crippen molar-refractivity contribution in [2.24, 2.45) is 11.7 Å². The molecule has 1 heterocycles. The summed E-state index contributed by atoms with van der Waals surface area (Å²) in [7, 11) is 0. The van der Waals surface area contributed by atoms with Crippen LogP contribution in [0.1, 0.15) is 24.5 Å². The van der Waals surface area contributed by atoms with Crippen molar-refractivity contribution in [1.82, 2.24) is 4.90 Å². The van der Waals surface area contributed by atoms with Gasteiger partial charge < -0.3 is 5.73 Å². The van der Waals surface area contributed by atoms with Crippen molar-refractivity contribution in [1.29, 1.82) is 0 Å². The molecule has 0 amide bonds. The van der Waals surface area contributed by atoms with Gasteiger partial charge in [0.25, 0.3) is 0 Å². The van der Waals surface area contributed by atoms with Crippen LogP contribution < -0.4 is 5.73 Å². The van der Waals surface area contributed by atoms with E-state index in [2.05, 4.69) is 43.0 Å². The SMILES string of the molecule is Cc1ccc(CN2CCC(C(C)N)C2)cc1.Cl. The molecule has 2 rings (SSSR count). The number of hydrogen-bond acceptors (Lipinski definition) is 2. The van der Waals surface area contributed by atoms with Gasteiger partial charge in [0.05, 0.1) is 0 Å². The van der Waals surface area contributed by atoms with Gasteiger partial charge in [-0.1, -0.05) is 29.8 Å². The van der Waals surface area contributed by atoms with Crippen molar-refractivity contribution in [2.75, 3.05) is 13.1 Å². The van der Waals surface area contributed by atoms with Gasteiger partial charge >= 0.3 is 0 Å². The molecule has 96 valence electrons. The van der Waals surface area contributed by atoms with Crippen molar-refractivity contribution in [3.63, 3.8) is 0 Å². The van der Waals surface area contributed by atoms with Gasteiger partial charge in [-0.05, 0) is 38.3 Å². The standard InChI is InChI=1S/C14H22N2.ClH/c1-11-3-5-13(6-4-11)9-16-8-7-14(10-16)12(2)15;/h3-6,12,14H,7-10,15H2,1-2H3;1H. The highest BCUT2D eigenvalue weighted by molar-refractivity contribution is 5.85. The van der Waals surface area contributed by atoms with Gasteiger partial charge in [-0.15, -0.1) is 12.4 Å². The lowest BCUT2D eigenvalue weighted by Gasteiger charge is -2.17. The number of aryl methyl sites for hydroxylation is 1. The minimum Gasteiger partial charge on any atom is -0.328 e. The van der Waals surface area contributed by atoms with Crippen molar-refractivity contribution >= 4 is 12.4 Å². The van der Waals surface area contributed by atoms with Crippen LogP contribution in [0.3, 0.4) is 0 Å². The Labute approximate surface area is 111 Å². The zero-order chi connectivity index (χ0) is 11.5. The number of nitrogens with zero attached hydrogens (tertiary/aromatic N) is 1. The van der Waals surface area contributed by atoms with E-state index in [1.54, 1.807) is 0 Å². The Kier molecular flexibility index (Phi) is 5.44. The molecule has 1 aromatic carbocycles. The third kappa shape index (κ3) is 3.98. The fraction of sp³-hybridized carbons (Fsp3) is 0.571. The summed E-state index contributed by atoms with van der Waals surface area (Å²) in [6.07, 6.45) is 1.25. The summed E-state index contributed by atoms with van der Waals surface area (Å²) < 4.78 is 0. The summed E-state index contributed by atoms with van der Waals surface area (Å²) in [5, 5.41) is 0. The van der Waals surface area contributed by atoms with Crippen LogP contribution in [0.4, 0.5) is 0 Å². The number of nitrogens with two attached hydrogens (primary N) is 1. The van der Waals surface area contributed by atoms with Crippen LogP contribution in [0.15, 0.2) is 24.3 Å². The van der Waals surface area contributed by atoms with Crippen LogP contribution >= 0.6 is 12.4 Å². The highest BCUT2D eigenvalue weighted by Crippen LogP contribution is 2.20. The van der Waals surface area contributed by atoms with Gasteiger partial charge in [0.1, 0.15) is 0 Å². The molecular formula is C14H23ClN2. The van der Waals surface area contributed by atoms with Crippen LogP contribution in [-0.4, -0.2) is 24.0 Å². The molecule has 2 nitrogen and oxygen atoms in total. The third-order valence-corrected chi connectivity index (χ3v) is 3.58. The van der Waals surface area contributed by atoms with Gasteiger partial charge in [-0.3, -0.25) is 4.90 Å². The van der Waals surface area contributed by atoms with Gasteiger partial charge in [0.15, 0.2) is 0 Å². The molecule has 1 aromatic rings. The zero-order valence-corrected chi connectivity index (χ0v) is 11.5. The first kappa shape index (κ1) is 14.5. The van der Waals surface area contributed by atoms with Crippen molar-refractivity contribution < 1.29 is 0 Å². The summed E-state index contributed by atoms with van der Waals surface area (Å²) >= 11 is 0. The molecule has 1 aliphatic heterocycles. The maximum absolute atomic E-state index is 5.95. The summed E-state index contributed by atoms with van der Waals surface area (Å²) in [6, 6.07) is 9.18. The normalized spacial score (nSPS) is 22.2. The summed E-state index contributed by atoms with van der Waals surface area (Å²) in [6.45, 7) is 7.68. The molecule has 2 unspecified atom stereocenters. The Hall–Kier alpha value is -0.570. The highest BCUT2D eigenvalue weighted by Gasteiger charge is 2.24. The maximum atomic E-state index is 5.95. The highest BCUT2D eigenvalue weighted by atomic mass is 35.5. The quantitative estimate of drug-likeness (QED) is 0.899. The molecule has 1 saturated heterocycles. The smallest absolute Gasteiger partial charge is 0.0233 e. The minimum absolute atomic E-state index is 0. The molecule has 1 aliphatic rings. The summed E-state index contributed by atoms with van der Waals surface area (Å²) in [5.74, 6) is 0.686. The second-order valence-electron chi connectivity index (χ2n) is 5.13. The lowest BCUT2D eigenvalue weighted by Crippen LogP contribution is -2.29. The van der Waals surface area contributed by atoms with Crippen LogP contribution in [0.25, 0.3) is 0 Å². The molecular weight excluding hydrogens is 232 g/mol. The minimum atomic E-state index is 0. The van der Waals surface area contributed by atoms with E-state index >= 15 is 0 Å². The fourth-order valence-electron chi connectivity index (χ4n) is 2.39. The van der Waals surface area contributed by atoms with E-state index in [4.69, 9.17) is 5.73 Å². The lowest BCUT2D eigenvalue weighted by molar-refractivity contribution is 0.308. The van der Waals surface area contributed by atoms with Crippen molar-refractivity contribution in [3.05, 3.63) is 35.4 Å². The molecule has 0 spiro atoms. The number of hydrogen-bond donors (Lipinski definition) is 1. The van der Waals surface area contributed by atoms with Crippen LogP contribution in [0, 0.1) is 12.8 Å². The fourth-order valence-corrected chi connectivity index (χ4v) is 2.39. The van der Waals surface area contributed by atoms with E-state index in [1.165, 1.54) is 24.1 Å². The monoisotopic (exact) mass is 254 g/mol. The lowest BCUT2D eigenvalue weighted by atomic mass is 10.0. The van der Waals surface area contributed by atoms with E-state index in [1.807, 2.05) is 0 Å². The molecule has 0 aliphatic carbocycles. The summed E-state index contributed by atoms with van der Waals surface area (Å²) in [5.41, 5.74) is 8.69. The topological polar surface area (TPSA) is 29.3 Å². The Bertz CT molecular complexity index is 335. The first-order valence-electron chi connectivity index (χ1n) is 6.18. The Morgan fingerprint density at radius 3 is 2.53 bits per heavy atom. The molecule has 3 heteroatoms. The molecule has 0 aromatic heterocycles. The molecule has 0 saturated carbocycles. The number of halogens is 1. The average Bonchev–Trinajstić information content (AvgIpc) is 2.70. The molecule has 2 N–H and O–H groups in total. The average molecular weight is 255 g/mol. The Morgan fingerprint density at radius 1 is 1.35 bits per heavy atom. The number of likely N-dealkylation sites (tertiary alicyclic amines) is 1. The Morgan fingerprint density at radius 2 is 2.00 bits per heavy atom. The van der Waals surface area contributed by atoms with Crippen LogP contribution in [0.5, 0.6) is 0 Å². The van der Waals surface area contributed by atoms with E-state index in [0.29, 0.717) is 12.0 Å². The molecule has 1 fully saturated rings. The van der Waals surface area contributed by atoms with E-state index in [0.717, 1.165) is 13.1 Å². The van der Waals surface area contributed by atoms with Crippen molar-refractivity contribution in [3.8, 4) is 0 Å². The van der Waals surface area contributed by atoms with Crippen LogP contribution in [-0.2, 0) is 6.54 Å². The summed E-state index contributed by atoms with van der Waals surface area (Å²) in [4.78, 5) is 2.51. The maximum Gasteiger partial charge on any atom is 0.0233 e.